The molecule has 6 atom stereocenters. The number of esters is 1. The van der Waals surface area contributed by atoms with Gasteiger partial charge in [-0.2, -0.15) is 0 Å². The molecule has 6 aliphatic heterocycles. The van der Waals surface area contributed by atoms with Crippen LogP contribution in [0.1, 0.15) is 96.0 Å². The molecule has 5 bridgehead atoms. The lowest BCUT2D eigenvalue weighted by Gasteiger charge is -2.38. The predicted octanol–water partition coefficient (Wildman–Crippen LogP) is 4.75. The number of aliphatic hydroxyl groups excluding tert-OH is 2. The Balaban J connectivity index is 1.10. The van der Waals surface area contributed by atoms with Gasteiger partial charge >= 0.3 is 11.8 Å². The van der Waals surface area contributed by atoms with Gasteiger partial charge in [-0.05, 0) is 50.8 Å². The number of benzene rings is 2. The van der Waals surface area contributed by atoms with Crippen molar-refractivity contribution in [2.24, 2.45) is 27.7 Å². The number of hydrogen-bond acceptors (Lipinski definition) is 16. The monoisotopic (exact) mass is 977 g/mol. The van der Waals surface area contributed by atoms with Crippen LogP contribution in [0.5, 0.6) is 17.2 Å². The summed E-state index contributed by atoms with van der Waals surface area (Å²) in [5.74, 6) is -5.93. The average molecular weight is 978 g/mol. The number of nitrogens with one attached hydrogen (secondary N) is 1. The van der Waals surface area contributed by atoms with E-state index < -0.39 is 71.4 Å². The number of likely N-dealkylation sites (tertiary alicyclic amines) is 1. The van der Waals surface area contributed by atoms with Gasteiger partial charge in [-0.25, -0.2) is 4.99 Å². The molecule has 1 unspecified atom stereocenters. The number of Topliss-reactive ketones (excluding diaryl/α,β-unsaturated/α-hetero) is 1. The number of ketones is 1. The summed E-state index contributed by atoms with van der Waals surface area (Å²) < 4.78 is 18.3. The number of aromatic hydroxyl groups is 2. The molecule has 2 aromatic carbocycles. The number of allylic oxidation sites excluding steroid dienone is 3. The topological polar surface area (TPSA) is 236 Å². The van der Waals surface area contributed by atoms with E-state index in [4.69, 9.17) is 19.2 Å². The maximum atomic E-state index is 14.7. The van der Waals surface area contributed by atoms with Gasteiger partial charge in [0.1, 0.15) is 40.4 Å². The van der Waals surface area contributed by atoms with Gasteiger partial charge in [0.05, 0.1) is 35.1 Å². The Kier molecular flexibility index (Phi) is 14.9. The average Bonchev–Trinajstić information content (AvgIpc) is 3.84. The number of amides is 2. The lowest BCUT2D eigenvalue weighted by Crippen LogP contribution is -2.49. The summed E-state index contributed by atoms with van der Waals surface area (Å²) in [4.78, 5) is 75.2. The molecule has 2 fully saturated rings. The summed E-state index contributed by atoms with van der Waals surface area (Å²) in [7, 11) is 0. The van der Waals surface area contributed by atoms with E-state index in [2.05, 4.69) is 38.9 Å². The molecular formula is C53H67N7O11. The van der Waals surface area contributed by atoms with Crippen LogP contribution in [0.25, 0.3) is 10.8 Å². The molecule has 7 heterocycles. The number of carbonyl (C=O) groups is 4. The number of carbonyl (C=O) groups excluding carboxylic acids is 4. The number of hydrogen-bond donors (Lipinski definition) is 5. The summed E-state index contributed by atoms with van der Waals surface area (Å²) in [6, 6.07) is 3.81. The largest absolute Gasteiger partial charge is 0.507 e. The van der Waals surface area contributed by atoms with Gasteiger partial charge in [-0.3, -0.25) is 29.2 Å². The zero-order chi connectivity index (χ0) is 50.9. The molecule has 18 heteroatoms. The van der Waals surface area contributed by atoms with Crippen LogP contribution in [0.3, 0.4) is 0 Å². The van der Waals surface area contributed by atoms with Crippen molar-refractivity contribution >= 4 is 45.7 Å². The van der Waals surface area contributed by atoms with Crippen LogP contribution >= 0.6 is 0 Å². The second-order valence-corrected chi connectivity index (χ2v) is 20.3. The van der Waals surface area contributed by atoms with Crippen LogP contribution in [0, 0.1) is 24.7 Å². The van der Waals surface area contributed by atoms with Crippen molar-refractivity contribution in [1.82, 2.24) is 14.8 Å². The number of piperazine rings is 1. The van der Waals surface area contributed by atoms with Crippen LogP contribution in [-0.2, 0) is 23.9 Å². The quantitative estimate of drug-likeness (QED) is 0.127. The molecule has 18 nitrogen and oxygen atoms in total. The number of fused-ring (bicyclic) bond motifs is 13. The lowest BCUT2D eigenvalue weighted by atomic mass is 9.86. The number of phenolic OH excluding ortho intramolecular Hbond substituents is 2. The van der Waals surface area contributed by atoms with Gasteiger partial charge < -0.3 is 54.7 Å². The highest BCUT2D eigenvalue weighted by atomic mass is 16.7. The maximum absolute atomic E-state index is 14.7. The highest BCUT2D eigenvalue weighted by molar-refractivity contribution is 6.21. The minimum Gasteiger partial charge on any atom is -0.507 e. The number of piperidine rings is 1. The highest BCUT2D eigenvalue weighted by Crippen LogP contribution is 2.51. The van der Waals surface area contributed by atoms with E-state index in [1.807, 2.05) is 12.1 Å². The molecule has 71 heavy (non-hydrogen) atoms. The summed E-state index contributed by atoms with van der Waals surface area (Å²) in [5.41, 5.74) is 0.865. The second kappa shape index (κ2) is 20.8. The number of pyridine rings is 1. The molecule has 1 spiro atoms. The first kappa shape index (κ1) is 51.0. The number of anilines is 2. The number of ether oxygens (including phenoxy) is 3. The molecule has 0 aliphatic carbocycles. The summed E-state index contributed by atoms with van der Waals surface area (Å²) in [6.07, 6.45) is 9.16. The third-order valence-electron chi connectivity index (χ3n) is 14.6. The van der Waals surface area contributed by atoms with Crippen molar-refractivity contribution in [2.45, 2.75) is 117 Å². The Hall–Kier alpha value is -6.37. The van der Waals surface area contributed by atoms with Gasteiger partial charge in [0, 0.05) is 118 Å². The molecule has 0 saturated carbocycles. The predicted molar refractivity (Wildman–Crippen MR) is 264 cm³/mol. The first-order valence-electron chi connectivity index (χ1n) is 24.8. The van der Waals surface area contributed by atoms with E-state index in [1.54, 1.807) is 63.2 Å². The fraction of sp³-hybridized carbons (Fsp3) is 0.528. The van der Waals surface area contributed by atoms with Crippen molar-refractivity contribution in [2.75, 3.05) is 56.0 Å². The number of rotatable bonds is 6. The summed E-state index contributed by atoms with van der Waals surface area (Å²) >= 11 is 0. The zero-order valence-corrected chi connectivity index (χ0v) is 41.7. The van der Waals surface area contributed by atoms with Gasteiger partial charge in [-0.15, -0.1) is 0 Å². The minimum atomic E-state index is -1.93. The Bertz CT molecular complexity index is 2780. The molecule has 6 aliphatic rings. The molecule has 3 aromatic rings. The fourth-order valence-electron chi connectivity index (χ4n) is 10.3. The molecule has 2 amide bonds. The molecular weight excluding hydrogens is 911 g/mol. The smallest absolute Gasteiger partial charge is 0.315 e. The molecule has 380 valence electrons. The molecule has 1 aromatic heterocycles. The van der Waals surface area contributed by atoms with E-state index in [0.717, 1.165) is 25.3 Å². The lowest BCUT2D eigenvalue weighted by molar-refractivity contribution is -0.155. The molecule has 9 rings (SSSR count). The third-order valence-corrected chi connectivity index (χ3v) is 14.6. The van der Waals surface area contributed by atoms with Crippen molar-refractivity contribution < 1.29 is 53.8 Å². The highest BCUT2D eigenvalue weighted by Gasteiger charge is 2.50. The van der Waals surface area contributed by atoms with Gasteiger partial charge in [0.25, 0.3) is 11.7 Å². The first-order chi connectivity index (χ1) is 33.8. The van der Waals surface area contributed by atoms with Crippen molar-refractivity contribution in [3.05, 3.63) is 82.5 Å². The molecule has 5 N–H and O–H groups in total. The molecule has 0 radical (unpaired) electrons. The standard InChI is InChI=1S/C53H67N7O11/c1-30(2)29-58-20-16-53(17-21-58)56-43-40-41-47(65)34(6)49-42(40)50(67)52(7,71-49)69-26-9-8-13-36(70-39(63)28-38(62)60-24-22-59(23-25-60)35-14-18-54-19-15-35)27-37(61)33(5)46(64)31(3)11-10-12-32(4)51(68)55-45(48(41)66)44(43)57-53/h9-12,14-15,18-19,26,30-31,33,36-37,46,56,61,64-66H,8,13,16-17,20-25,27-29H2,1-7H3/b11-10+,26-9+,32-12-,55-45?/t31-,33-,36+,37?,46-,52-/m0/s1. The van der Waals surface area contributed by atoms with Crippen molar-refractivity contribution in [3.8, 4) is 17.2 Å². The van der Waals surface area contributed by atoms with E-state index in [9.17, 15) is 39.6 Å². The second-order valence-electron chi connectivity index (χ2n) is 20.3. The Morgan fingerprint density at radius 1 is 0.972 bits per heavy atom. The zero-order valence-electron chi connectivity index (χ0n) is 41.7. The minimum absolute atomic E-state index is 0.0518. The number of aromatic nitrogens is 1. The normalized spacial score (nSPS) is 27.8. The number of aliphatic hydroxyl groups is 2. The van der Waals surface area contributed by atoms with Crippen molar-refractivity contribution in [3.63, 3.8) is 0 Å². The fourth-order valence-corrected chi connectivity index (χ4v) is 10.3. The van der Waals surface area contributed by atoms with Crippen LogP contribution in [-0.4, -0.2) is 134 Å². The van der Waals surface area contributed by atoms with E-state index in [-0.39, 0.29) is 74.9 Å². The van der Waals surface area contributed by atoms with Crippen LogP contribution < -0.4 is 25.7 Å². The maximum Gasteiger partial charge on any atom is 0.315 e. The van der Waals surface area contributed by atoms with E-state index in [1.165, 1.54) is 19.3 Å². The Labute approximate surface area is 413 Å². The van der Waals surface area contributed by atoms with E-state index in [0.29, 0.717) is 50.6 Å². The Morgan fingerprint density at radius 3 is 2.37 bits per heavy atom. The SMILES string of the molecule is C/C1=C/C=C/[C@H](C)[C@H](O)[C@@H](C)C(O)C[C@H](OC(=O)CC(=O)N2CCN(c3ccncc3)CC2)CC/C=C/O[C@@]2(C)Oc3c(C)c(O)c4c(O)c(c5c(c4c3C2=O)NC2(CCN(CC(C)C)CC2)N=5)=NC1=O. The van der Waals surface area contributed by atoms with Crippen molar-refractivity contribution in [1.29, 1.82) is 0 Å². The number of nitrogens with zero attached hydrogens (tertiary/aromatic N) is 6. The van der Waals surface area contributed by atoms with Crippen LogP contribution in [0.2, 0.25) is 0 Å². The number of phenols is 2. The third kappa shape index (κ3) is 10.5. The van der Waals surface area contributed by atoms with Gasteiger partial charge in [0.15, 0.2) is 5.75 Å². The van der Waals surface area contributed by atoms with Gasteiger partial charge in [0.2, 0.25) is 5.91 Å². The summed E-state index contributed by atoms with van der Waals surface area (Å²) in [5, 5.41) is 50.6. The molecule has 2 saturated heterocycles. The van der Waals surface area contributed by atoms with E-state index >= 15 is 0 Å². The first-order valence-corrected chi connectivity index (χ1v) is 24.8. The van der Waals surface area contributed by atoms with Crippen LogP contribution in [0.4, 0.5) is 11.4 Å². The van der Waals surface area contributed by atoms with Gasteiger partial charge in [-0.1, -0.05) is 45.9 Å². The summed E-state index contributed by atoms with van der Waals surface area (Å²) in [6.45, 7) is 16.7. The van der Waals surface area contributed by atoms with Crippen LogP contribution in [0.15, 0.2) is 70.7 Å². The Morgan fingerprint density at radius 2 is 1.68 bits per heavy atom.